The quantitative estimate of drug-likeness (QED) is 0.619. The molecule has 1 aliphatic rings. The summed E-state index contributed by atoms with van der Waals surface area (Å²) in [6.07, 6.45) is 11.2. The van der Waals surface area contributed by atoms with Crippen LogP contribution in [0.1, 0.15) is 44.6 Å². The van der Waals surface area contributed by atoms with Gasteiger partial charge in [-0.15, -0.1) is 0 Å². The SMILES string of the molecule is CC1CCCC(C(CCc2cnn(C)c2)NN)(N(C)C)C1. The largest absolute Gasteiger partial charge is 0.302 e. The predicted molar refractivity (Wildman–Crippen MR) is 86.7 cm³/mol. The fourth-order valence-corrected chi connectivity index (χ4v) is 4.02. The van der Waals surface area contributed by atoms with Gasteiger partial charge >= 0.3 is 0 Å². The van der Waals surface area contributed by atoms with E-state index in [1.807, 2.05) is 17.9 Å². The first-order valence-corrected chi connectivity index (χ1v) is 8.09. The van der Waals surface area contributed by atoms with Crippen molar-refractivity contribution in [1.29, 1.82) is 0 Å². The van der Waals surface area contributed by atoms with Crippen molar-refractivity contribution in [2.24, 2.45) is 18.8 Å². The predicted octanol–water partition coefficient (Wildman–Crippen LogP) is 1.70. The molecule has 1 aromatic heterocycles. The maximum atomic E-state index is 5.94. The Morgan fingerprint density at radius 1 is 1.57 bits per heavy atom. The number of nitrogens with one attached hydrogen (secondary N) is 1. The van der Waals surface area contributed by atoms with E-state index in [4.69, 9.17) is 5.84 Å². The maximum Gasteiger partial charge on any atom is 0.0521 e. The molecule has 3 unspecified atom stereocenters. The molecule has 21 heavy (non-hydrogen) atoms. The number of likely N-dealkylation sites (N-methyl/N-ethyl adjacent to an activating group) is 1. The minimum atomic E-state index is 0.175. The molecule has 0 bridgehead atoms. The van der Waals surface area contributed by atoms with Crippen LogP contribution in [0.3, 0.4) is 0 Å². The van der Waals surface area contributed by atoms with Gasteiger partial charge in [-0.2, -0.15) is 5.10 Å². The maximum absolute atomic E-state index is 5.94. The Labute approximate surface area is 128 Å². The van der Waals surface area contributed by atoms with Crippen LogP contribution in [0.5, 0.6) is 0 Å². The molecule has 5 heteroatoms. The molecule has 0 amide bonds. The number of hydrogen-bond donors (Lipinski definition) is 2. The van der Waals surface area contributed by atoms with Crippen molar-refractivity contribution in [3.63, 3.8) is 0 Å². The topological polar surface area (TPSA) is 59.1 Å². The highest BCUT2D eigenvalue weighted by Gasteiger charge is 2.42. The Morgan fingerprint density at radius 3 is 2.86 bits per heavy atom. The van der Waals surface area contributed by atoms with E-state index in [9.17, 15) is 0 Å². The normalized spacial score (nSPS) is 28.0. The van der Waals surface area contributed by atoms with E-state index in [1.165, 1.54) is 31.2 Å². The van der Waals surface area contributed by atoms with Gasteiger partial charge in [0.2, 0.25) is 0 Å². The molecule has 1 aliphatic carbocycles. The molecule has 5 nitrogen and oxygen atoms in total. The molecule has 0 spiro atoms. The van der Waals surface area contributed by atoms with Crippen molar-refractivity contribution in [3.05, 3.63) is 18.0 Å². The highest BCUT2D eigenvalue weighted by Crippen LogP contribution is 2.39. The van der Waals surface area contributed by atoms with Crippen LogP contribution in [0, 0.1) is 5.92 Å². The van der Waals surface area contributed by atoms with Crippen LogP contribution in [-0.2, 0) is 13.5 Å². The van der Waals surface area contributed by atoms with E-state index in [0.29, 0.717) is 6.04 Å². The third-order valence-electron chi connectivity index (χ3n) is 5.23. The molecule has 0 aromatic carbocycles. The summed E-state index contributed by atoms with van der Waals surface area (Å²) in [5, 5.41) is 4.25. The van der Waals surface area contributed by atoms with E-state index >= 15 is 0 Å². The van der Waals surface area contributed by atoms with Gasteiger partial charge in [0.15, 0.2) is 0 Å². The molecule has 1 fully saturated rings. The summed E-state index contributed by atoms with van der Waals surface area (Å²) in [5.41, 5.74) is 4.59. The molecular weight excluding hydrogens is 262 g/mol. The van der Waals surface area contributed by atoms with Gasteiger partial charge in [0, 0.05) is 24.8 Å². The van der Waals surface area contributed by atoms with E-state index in [1.54, 1.807) is 0 Å². The van der Waals surface area contributed by atoms with Gasteiger partial charge < -0.3 is 4.90 Å². The van der Waals surface area contributed by atoms with Crippen LogP contribution in [0.2, 0.25) is 0 Å². The fraction of sp³-hybridized carbons (Fsp3) is 0.812. The van der Waals surface area contributed by atoms with E-state index in [-0.39, 0.29) is 5.54 Å². The van der Waals surface area contributed by atoms with Gasteiger partial charge in [-0.1, -0.05) is 19.8 Å². The minimum Gasteiger partial charge on any atom is -0.302 e. The van der Waals surface area contributed by atoms with Crippen LogP contribution in [0.25, 0.3) is 0 Å². The minimum absolute atomic E-state index is 0.175. The number of nitrogens with two attached hydrogens (primary N) is 1. The second-order valence-corrected chi connectivity index (χ2v) is 6.98. The molecule has 3 atom stereocenters. The average Bonchev–Trinajstić information content (AvgIpc) is 2.85. The number of hydrazine groups is 1. The first kappa shape index (κ1) is 16.5. The first-order chi connectivity index (χ1) is 9.98. The molecule has 3 N–H and O–H groups in total. The highest BCUT2D eigenvalue weighted by atomic mass is 15.3. The number of aryl methyl sites for hydroxylation is 2. The van der Waals surface area contributed by atoms with Gasteiger partial charge in [-0.3, -0.25) is 16.0 Å². The monoisotopic (exact) mass is 293 g/mol. The summed E-state index contributed by atoms with van der Waals surface area (Å²) < 4.78 is 1.87. The Kier molecular flexibility index (Phi) is 5.41. The van der Waals surface area contributed by atoms with Crippen LogP contribution >= 0.6 is 0 Å². The lowest BCUT2D eigenvalue weighted by Gasteiger charge is -2.50. The molecule has 1 heterocycles. The molecule has 0 radical (unpaired) electrons. The molecule has 0 aliphatic heterocycles. The summed E-state index contributed by atoms with van der Waals surface area (Å²) >= 11 is 0. The van der Waals surface area contributed by atoms with Crippen molar-refractivity contribution in [2.75, 3.05) is 14.1 Å². The number of rotatable bonds is 6. The van der Waals surface area contributed by atoms with Crippen molar-refractivity contribution in [1.82, 2.24) is 20.1 Å². The third kappa shape index (κ3) is 3.65. The van der Waals surface area contributed by atoms with E-state index in [0.717, 1.165) is 18.8 Å². The number of aromatic nitrogens is 2. The average molecular weight is 293 g/mol. The lowest BCUT2D eigenvalue weighted by atomic mass is 9.70. The molecule has 1 saturated carbocycles. The summed E-state index contributed by atoms with van der Waals surface area (Å²) in [5.74, 6) is 6.72. The van der Waals surface area contributed by atoms with Gasteiger partial charge in [0.1, 0.15) is 0 Å². The van der Waals surface area contributed by atoms with Crippen molar-refractivity contribution < 1.29 is 0 Å². The molecule has 2 rings (SSSR count). The molecule has 120 valence electrons. The summed E-state index contributed by atoms with van der Waals surface area (Å²) in [6, 6.07) is 0.315. The second-order valence-electron chi connectivity index (χ2n) is 6.98. The van der Waals surface area contributed by atoms with Crippen LogP contribution in [0.4, 0.5) is 0 Å². The summed E-state index contributed by atoms with van der Waals surface area (Å²) in [4.78, 5) is 2.40. The van der Waals surface area contributed by atoms with Crippen molar-refractivity contribution in [2.45, 2.75) is 57.0 Å². The van der Waals surface area contributed by atoms with Crippen LogP contribution < -0.4 is 11.3 Å². The lowest BCUT2D eigenvalue weighted by Crippen LogP contribution is -2.62. The smallest absolute Gasteiger partial charge is 0.0521 e. The van der Waals surface area contributed by atoms with Crippen LogP contribution in [0.15, 0.2) is 12.4 Å². The Bertz CT molecular complexity index is 442. The number of hydrogen-bond acceptors (Lipinski definition) is 4. The third-order valence-corrected chi connectivity index (χ3v) is 5.23. The molecule has 0 saturated heterocycles. The standard InChI is InChI=1S/C16H31N5/c1-13-6-5-9-16(10-13,20(2)3)15(19-17)8-7-14-11-18-21(4)12-14/h11-13,15,19H,5-10,17H2,1-4H3. The zero-order valence-electron chi connectivity index (χ0n) is 14.0. The summed E-state index contributed by atoms with van der Waals surface area (Å²) in [6.45, 7) is 2.37. The Morgan fingerprint density at radius 2 is 2.33 bits per heavy atom. The lowest BCUT2D eigenvalue weighted by molar-refractivity contribution is 0.0344. The van der Waals surface area contributed by atoms with E-state index < -0.39 is 0 Å². The first-order valence-electron chi connectivity index (χ1n) is 8.09. The zero-order chi connectivity index (χ0) is 15.5. The highest BCUT2D eigenvalue weighted by molar-refractivity contribution is 5.07. The molecular formula is C16H31N5. The van der Waals surface area contributed by atoms with Gasteiger partial charge in [0.05, 0.1) is 6.20 Å². The molecule has 1 aromatic rings. The second kappa shape index (κ2) is 6.90. The number of nitrogens with zero attached hydrogens (tertiary/aromatic N) is 3. The van der Waals surface area contributed by atoms with E-state index in [2.05, 4.69) is 42.6 Å². The fourth-order valence-electron chi connectivity index (χ4n) is 4.02. The Hall–Kier alpha value is -0.910. The zero-order valence-corrected chi connectivity index (χ0v) is 14.0. The van der Waals surface area contributed by atoms with Crippen molar-refractivity contribution >= 4 is 0 Å². The van der Waals surface area contributed by atoms with Gasteiger partial charge in [-0.25, -0.2) is 0 Å². The summed E-state index contributed by atoms with van der Waals surface area (Å²) in [7, 11) is 6.37. The van der Waals surface area contributed by atoms with Gasteiger partial charge in [0.25, 0.3) is 0 Å². The van der Waals surface area contributed by atoms with Gasteiger partial charge in [-0.05, 0) is 51.3 Å². The Balaban J connectivity index is 2.08. The van der Waals surface area contributed by atoms with Crippen molar-refractivity contribution in [3.8, 4) is 0 Å². The van der Waals surface area contributed by atoms with Crippen LogP contribution in [-0.4, -0.2) is 40.4 Å².